The predicted molar refractivity (Wildman–Crippen MR) is 99.0 cm³/mol. The number of carbonyl (C=O) groups is 1. The topological polar surface area (TPSA) is 145 Å². The molecule has 4 aromatic rings. The van der Waals surface area contributed by atoms with Crippen LogP contribution in [0.2, 0.25) is 0 Å². The van der Waals surface area contributed by atoms with Crippen LogP contribution < -0.4 is 11.5 Å². The van der Waals surface area contributed by atoms with Crippen LogP contribution in [0.3, 0.4) is 0 Å². The van der Waals surface area contributed by atoms with Gasteiger partial charge in [0.25, 0.3) is 0 Å². The van der Waals surface area contributed by atoms with E-state index in [-0.39, 0.29) is 46.5 Å². The van der Waals surface area contributed by atoms with Crippen molar-refractivity contribution in [1.82, 2.24) is 24.3 Å². The van der Waals surface area contributed by atoms with E-state index in [2.05, 4.69) is 19.9 Å². The highest BCUT2D eigenvalue weighted by Crippen LogP contribution is 2.31. The molecule has 29 heavy (non-hydrogen) atoms. The highest BCUT2D eigenvalue weighted by atomic mass is 19.1. The van der Waals surface area contributed by atoms with Crippen molar-refractivity contribution in [2.24, 2.45) is 0 Å². The van der Waals surface area contributed by atoms with Crippen molar-refractivity contribution in [1.29, 1.82) is 0 Å². The quantitative estimate of drug-likeness (QED) is 0.473. The maximum atomic E-state index is 13.8. The van der Waals surface area contributed by atoms with Crippen LogP contribution in [0.15, 0.2) is 36.7 Å². The summed E-state index contributed by atoms with van der Waals surface area (Å²) in [7, 11) is 0. The molecule has 0 aliphatic carbocycles. The zero-order valence-electron chi connectivity index (χ0n) is 14.7. The summed E-state index contributed by atoms with van der Waals surface area (Å²) in [6.45, 7) is 0. The van der Waals surface area contributed by atoms with Crippen LogP contribution in [-0.2, 0) is 6.42 Å². The Kier molecular flexibility index (Phi) is 4.26. The SMILES string of the molecule is Nc1nc(Cc2ccc(F)cn2)nc(-c2c(C(=O)O)nc3ccc(F)cn23)c1N. The van der Waals surface area contributed by atoms with Crippen LogP contribution in [0.1, 0.15) is 22.0 Å². The second kappa shape index (κ2) is 6.78. The molecular formula is C18H13F2N7O2. The number of nitrogens with zero attached hydrogens (tertiary/aromatic N) is 5. The molecule has 9 nitrogen and oxygen atoms in total. The lowest BCUT2D eigenvalue weighted by Gasteiger charge is -2.10. The van der Waals surface area contributed by atoms with Crippen LogP contribution in [0, 0.1) is 11.6 Å². The van der Waals surface area contributed by atoms with Crippen LogP contribution in [0.5, 0.6) is 0 Å². The lowest BCUT2D eigenvalue weighted by Crippen LogP contribution is -2.10. The van der Waals surface area contributed by atoms with Gasteiger partial charge in [-0.3, -0.25) is 9.38 Å². The van der Waals surface area contributed by atoms with E-state index in [4.69, 9.17) is 11.5 Å². The standard InChI is InChI=1S/C18H13F2N7O2/c19-8-1-3-10(23-6-8)5-11-24-14(13(21)17(22)25-11)16-15(18(28)29)26-12-4-2-9(20)7-27(12)16/h1-4,6-7H,5,21H2,(H,28,29)(H2,22,24,25). The molecule has 0 fully saturated rings. The number of anilines is 2. The molecule has 4 rings (SSSR count). The van der Waals surface area contributed by atoms with Crippen LogP contribution in [0.25, 0.3) is 17.0 Å². The maximum absolute atomic E-state index is 13.8. The number of aromatic nitrogens is 5. The molecule has 0 radical (unpaired) electrons. The molecule has 4 heterocycles. The van der Waals surface area contributed by atoms with E-state index in [1.165, 1.54) is 22.6 Å². The maximum Gasteiger partial charge on any atom is 0.356 e. The molecule has 0 bridgehead atoms. The number of imidazole rings is 1. The number of carboxylic acids is 1. The number of aromatic carboxylic acids is 1. The van der Waals surface area contributed by atoms with E-state index < -0.39 is 17.6 Å². The van der Waals surface area contributed by atoms with Gasteiger partial charge in [0.15, 0.2) is 11.5 Å². The van der Waals surface area contributed by atoms with Crippen molar-refractivity contribution in [3.05, 3.63) is 65.5 Å². The number of pyridine rings is 2. The number of carboxylic acid groups (broad SMARTS) is 1. The largest absolute Gasteiger partial charge is 0.476 e. The Labute approximate surface area is 161 Å². The molecule has 146 valence electrons. The first-order valence-electron chi connectivity index (χ1n) is 8.27. The van der Waals surface area contributed by atoms with Gasteiger partial charge in [-0.15, -0.1) is 0 Å². The molecule has 0 amide bonds. The first-order valence-corrected chi connectivity index (χ1v) is 8.27. The van der Waals surface area contributed by atoms with Crippen molar-refractivity contribution in [3.63, 3.8) is 0 Å². The molecular weight excluding hydrogens is 384 g/mol. The average Bonchev–Trinajstić information content (AvgIpc) is 3.05. The summed E-state index contributed by atoms with van der Waals surface area (Å²) in [5.41, 5.74) is 12.1. The fourth-order valence-corrected chi connectivity index (χ4v) is 2.86. The molecule has 0 aliphatic rings. The Morgan fingerprint density at radius 1 is 1.07 bits per heavy atom. The van der Waals surface area contributed by atoms with E-state index in [1.807, 2.05) is 0 Å². The van der Waals surface area contributed by atoms with Crippen molar-refractivity contribution in [2.45, 2.75) is 6.42 Å². The Bertz CT molecular complexity index is 1260. The van der Waals surface area contributed by atoms with Gasteiger partial charge in [0, 0.05) is 11.9 Å². The lowest BCUT2D eigenvalue weighted by atomic mass is 10.2. The van der Waals surface area contributed by atoms with E-state index in [9.17, 15) is 18.7 Å². The number of hydrogen-bond donors (Lipinski definition) is 3. The average molecular weight is 397 g/mol. The fourth-order valence-electron chi connectivity index (χ4n) is 2.86. The molecule has 0 aromatic carbocycles. The summed E-state index contributed by atoms with van der Waals surface area (Å²) in [6, 6.07) is 5.17. The smallest absolute Gasteiger partial charge is 0.356 e. The lowest BCUT2D eigenvalue weighted by molar-refractivity contribution is 0.0692. The molecule has 0 saturated carbocycles. The third-order valence-electron chi connectivity index (χ3n) is 4.16. The summed E-state index contributed by atoms with van der Waals surface area (Å²) in [6.07, 6.45) is 2.21. The minimum atomic E-state index is -1.34. The van der Waals surface area contributed by atoms with Gasteiger partial charge in [0.1, 0.15) is 40.2 Å². The Morgan fingerprint density at radius 2 is 1.83 bits per heavy atom. The zero-order valence-corrected chi connectivity index (χ0v) is 14.7. The third kappa shape index (κ3) is 3.29. The first-order chi connectivity index (χ1) is 13.8. The van der Waals surface area contributed by atoms with Gasteiger partial charge in [0.2, 0.25) is 0 Å². The normalized spacial score (nSPS) is 11.1. The third-order valence-corrected chi connectivity index (χ3v) is 4.16. The van der Waals surface area contributed by atoms with Gasteiger partial charge >= 0.3 is 5.97 Å². The number of rotatable bonds is 4. The molecule has 5 N–H and O–H groups in total. The van der Waals surface area contributed by atoms with E-state index in [0.717, 1.165) is 18.5 Å². The number of fused-ring (bicyclic) bond motifs is 1. The minimum Gasteiger partial charge on any atom is -0.476 e. The molecule has 11 heteroatoms. The number of nitrogens with two attached hydrogens (primary N) is 2. The molecule has 0 aliphatic heterocycles. The summed E-state index contributed by atoms with van der Waals surface area (Å²) in [5.74, 6) is -2.36. The second-order valence-electron chi connectivity index (χ2n) is 6.12. The van der Waals surface area contributed by atoms with Crippen LogP contribution >= 0.6 is 0 Å². The number of hydrogen-bond acceptors (Lipinski definition) is 7. The van der Waals surface area contributed by atoms with Gasteiger partial charge in [-0.1, -0.05) is 0 Å². The molecule has 0 atom stereocenters. The fraction of sp³-hybridized carbons (Fsp3) is 0.0556. The van der Waals surface area contributed by atoms with Gasteiger partial charge in [0.05, 0.1) is 12.6 Å². The Morgan fingerprint density at radius 3 is 2.52 bits per heavy atom. The minimum absolute atomic E-state index is 0.00916. The summed E-state index contributed by atoms with van der Waals surface area (Å²) < 4.78 is 28.1. The highest BCUT2D eigenvalue weighted by Gasteiger charge is 2.25. The second-order valence-corrected chi connectivity index (χ2v) is 6.12. The van der Waals surface area contributed by atoms with E-state index in [0.29, 0.717) is 5.69 Å². The number of nitrogen functional groups attached to an aromatic ring is 2. The van der Waals surface area contributed by atoms with Crippen molar-refractivity contribution in [2.75, 3.05) is 11.5 Å². The van der Waals surface area contributed by atoms with Gasteiger partial charge in [-0.25, -0.2) is 28.5 Å². The summed E-state index contributed by atoms with van der Waals surface area (Å²) in [4.78, 5) is 28.1. The van der Waals surface area contributed by atoms with Crippen molar-refractivity contribution >= 4 is 23.1 Å². The molecule has 0 spiro atoms. The van der Waals surface area contributed by atoms with Crippen LogP contribution in [0.4, 0.5) is 20.3 Å². The summed E-state index contributed by atoms with van der Waals surface area (Å²) in [5, 5.41) is 9.56. The summed E-state index contributed by atoms with van der Waals surface area (Å²) >= 11 is 0. The van der Waals surface area contributed by atoms with Gasteiger partial charge in [-0.05, 0) is 24.3 Å². The molecule has 0 unspecified atom stereocenters. The first kappa shape index (κ1) is 18.2. The van der Waals surface area contributed by atoms with Gasteiger partial charge in [-0.2, -0.15) is 0 Å². The van der Waals surface area contributed by atoms with Crippen molar-refractivity contribution in [3.8, 4) is 11.4 Å². The zero-order chi connectivity index (χ0) is 20.7. The Hall–Kier alpha value is -4.15. The predicted octanol–water partition coefficient (Wildman–Crippen LogP) is 1.92. The molecule has 4 aromatic heterocycles. The van der Waals surface area contributed by atoms with E-state index >= 15 is 0 Å². The highest BCUT2D eigenvalue weighted by molar-refractivity contribution is 5.96. The van der Waals surface area contributed by atoms with Crippen molar-refractivity contribution < 1.29 is 18.7 Å². The van der Waals surface area contributed by atoms with Gasteiger partial charge < -0.3 is 16.6 Å². The Balaban J connectivity index is 1.92. The monoisotopic (exact) mass is 397 g/mol. The molecule has 0 saturated heterocycles. The number of halogens is 2. The van der Waals surface area contributed by atoms with Crippen LogP contribution in [-0.4, -0.2) is 35.4 Å². The van der Waals surface area contributed by atoms with E-state index in [1.54, 1.807) is 0 Å².